The molecule has 2 aromatic carbocycles. The lowest BCUT2D eigenvalue weighted by molar-refractivity contribution is 0.0697. The molecule has 0 radical (unpaired) electrons. The van der Waals surface area contributed by atoms with Crippen molar-refractivity contribution in [3.05, 3.63) is 62.6 Å². The first kappa shape index (κ1) is 21.0. The van der Waals surface area contributed by atoms with E-state index in [1.54, 1.807) is 19.1 Å². The highest BCUT2D eigenvalue weighted by Crippen LogP contribution is 2.30. The second-order valence-corrected chi connectivity index (χ2v) is 8.60. The molecule has 1 N–H and O–H groups in total. The lowest BCUT2D eigenvalue weighted by Crippen LogP contribution is -2.33. The van der Waals surface area contributed by atoms with Crippen molar-refractivity contribution in [1.29, 1.82) is 0 Å². The fraction of sp³-hybridized carbons (Fsp3) is 0.235. The van der Waals surface area contributed by atoms with Gasteiger partial charge in [0.05, 0.1) is 15.6 Å². The van der Waals surface area contributed by atoms with Crippen LogP contribution in [0.3, 0.4) is 0 Å². The summed E-state index contributed by atoms with van der Waals surface area (Å²) in [6.45, 7) is 2.11. The molecule has 5 nitrogen and oxygen atoms in total. The number of halogens is 3. The van der Waals surface area contributed by atoms with Gasteiger partial charge in [-0.15, -0.1) is 0 Å². The summed E-state index contributed by atoms with van der Waals surface area (Å²) in [5.41, 5.74) is 0.611. The maximum atomic E-state index is 12.9. The van der Waals surface area contributed by atoms with Crippen molar-refractivity contribution >= 4 is 50.8 Å². The van der Waals surface area contributed by atoms with Gasteiger partial charge in [0.2, 0.25) is 10.0 Å². The molecule has 0 atom stereocenters. The van der Waals surface area contributed by atoms with Crippen LogP contribution in [0.25, 0.3) is 0 Å². The molecular weight excluding hydrogens is 421 g/mol. The van der Waals surface area contributed by atoms with Crippen LogP contribution in [0, 0.1) is 0 Å². The number of likely N-dealkylation sites (N-methyl/N-ethyl adjacent to an activating group) is 1. The van der Waals surface area contributed by atoms with Crippen LogP contribution in [0.15, 0.2) is 41.3 Å². The summed E-state index contributed by atoms with van der Waals surface area (Å²) in [4.78, 5) is 11.0. The van der Waals surface area contributed by atoms with Crippen molar-refractivity contribution in [3.8, 4) is 0 Å². The molecule has 0 aliphatic rings. The molecule has 0 spiro atoms. The third kappa shape index (κ3) is 4.69. The Morgan fingerprint density at radius 1 is 1.08 bits per heavy atom. The number of aromatic carboxylic acids is 1. The Hall–Kier alpha value is -1.31. The highest BCUT2D eigenvalue weighted by molar-refractivity contribution is 7.89. The Balaban J connectivity index is 2.32. The molecule has 0 amide bonds. The lowest BCUT2D eigenvalue weighted by atomic mass is 10.1. The normalized spacial score (nSPS) is 11.7. The van der Waals surface area contributed by atoms with E-state index in [4.69, 9.17) is 34.8 Å². The van der Waals surface area contributed by atoms with Crippen LogP contribution in [-0.2, 0) is 16.4 Å². The van der Waals surface area contributed by atoms with E-state index in [1.807, 2.05) is 12.1 Å². The molecule has 0 heterocycles. The second-order valence-electron chi connectivity index (χ2n) is 5.44. The minimum Gasteiger partial charge on any atom is -0.478 e. The van der Waals surface area contributed by atoms with Crippen LogP contribution in [-0.4, -0.2) is 36.9 Å². The number of carbonyl (C=O) groups is 1. The molecule has 0 saturated carbocycles. The van der Waals surface area contributed by atoms with E-state index >= 15 is 0 Å². The Labute approximate surface area is 167 Å². The number of rotatable bonds is 7. The third-order valence-corrected chi connectivity index (χ3v) is 6.79. The minimum absolute atomic E-state index is 0.120. The van der Waals surface area contributed by atoms with Crippen LogP contribution in [0.5, 0.6) is 0 Å². The first-order valence-corrected chi connectivity index (χ1v) is 10.2. The number of benzene rings is 2. The highest BCUT2D eigenvalue weighted by atomic mass is 35.5. The van der Waals surface area contributed by atoms with Gasteiger partial charge in [-0.25, -0.2) is 13.2 Å². The van der Waals surface area contributed by atoms with E-state index in [1.165, 1.54) is 4.31 Å². The summed E-state index contributed by atoms with van der Waals surface area (Å²) in [5.74, 6) is -1.33. The summed E-state index contributed by atoms with van der Waals surface area (Å²) in [5, 5.41) is 9.53. The predicted molar refractivity (Wildman–Crippen MR) is 103 cm³/mol. The smallest absolute Gasteiger partial charge is 0.337 e. The van der Waals surface area contributed by atoms with Crippen LogP contribution >= 0.6 is 34.8 Å². The fourth-order valence-corrected chi connectivity index (χ4v) is 4.79. The van der Waals surface area contributed by atoms with Gasteiger partial charge in [0.15, 0.2) is 0 Å². The Morgan fingerprint density at radius 3 is 2.23 bits per heavy atom. The standard InChI is InChI=1S/C17H16Cl3NO4S/c1-2-21(8-7-11-3-5-12(18)6-4-11)26(24,25)16-9-13(17(22)23)14(19)10-15(16)20/h3-6,9-10H,2,7-8H2,1H3,(H,22,23). The molecule has 0 aromatic heterocycles. The topological polar surface area (TPSA) is 74.7 Å². The second kappa shape index (κ2) is 8.59. The van der Waals surface area contributed by atoms with Crippen molar-refractivity contribution in [3.63, 3.8) is 0 Å². The van der Waals surface area contributed by atoms with Crippen LogP contribution in [0.4, 0.5) is 0 Å². The van der Waals surface area contributed by atoms with E-state index in [0.717, 1.165) is 17.7 Å². The Kier molecular flexibility index (Phi) is 6.93. The Morgan fingerprint density at radius 2 is 1.69 bits per heavy atom. The molecule has 0 fully saturated rings. The predicted octanol–water partition coefficient (Wildman–Crippen LogP) is 4.60. The molecule has 0 aliphatic heterocycles. The van der Waals surface area contributed by atoms with E-state index < -0.39 is 16.0 Å². The van der Waals surface area contributed by atoms with Gasteiger partial charge in [-0.2, -0.15) is 4.31 Å². The van der Waals surface area contributed by atoms with Gasteiger partial charge in [-0.1, -0.05) is 53.9 Å². The van der Waals surface area contributed by atoms with Gasteiger partial charge in [-0.05, 0) is 36.2 Å². The number of hydrogen-bond donors (Lipinski definition) is 1. The Bertz CT molecular complexity index is 914. The summed E-state index contributed by atoms with van der Waals surface area (Å²) in [7, 11) is -3.98. The summed E-state index contributed by atoms with van der Waals surface area (Å²) in [6, 6.07) is 9.23. The molecule has 0 aliphatic carbocycles. The van der Waals surface area contributed by atoms with Gasteiger partial charge in [0, 0.05) is 18.1 Å². The van der Waals surface area contributed by atoms with E-state index in [2.05, 4.69) is 0 Å². The maximum absolute atomic E-state index is 12.9. The first-order valence-electron chi connectivity index (χ1n) is 7.63. The minimum atomic E-state index is -3.98. The average Bonchev–Trinajstić information content (AvgIpc) is 2.56. The average molecular weight is 437 g/mol. The zero-order chi connectivity index (χ0) is 19.5. The summed E-state index contributed by atoms with van der Waals surface area (Å²) in [6.07, 6.45) is 0.473. The zero-order valence-electron chi connectivity index (χ0n) is 13.7. The van der Waals surface area contributed by atoms with Crippen LogP contribution < -0.4 is 0 Å². The fourth-order valence-electron chi connectivity index (χ4n) is 2.38. The summed E-state index contributed by atoms with van der Waals surface area (Å²) < 4.78 is 27.1. The maximum Gasteiger partial charge on any atom is 0.337 e. The van der Waals surface area contributed by atoms with Crippen LogP contribution in [0.1, 0.15) is 22.8 Å². The SMILES string of the molecule is CCN(CCc1ccc(Cl)cc1)S(=O)(=O)c1cc(C(=O)O)c(Cl)cc1Cl. The quantitative estimate of drug-likeness (QED) is 0.688. The zero-order valence-corrected chi connectivity index (χ0v) is 16.8. The first-order chi connectivity index (χ1) is 12.2. The lowest BCUT2D eigenvalue weighted by Gasteiger charge is -2.21. The number of carboxylic acids is 1. The molecule has 9 heteroatoms. The number of nitrogens with zero attached hydrogens (tertiary/aromatic N) is 1. The molecule has 2 rings (SSSR count). The van der Waals surface area contributed by atoms with Crippen molar-refractivity contribution in [2.45, 2.75) is 18.2 Å². The van der Waals surface area contributed by atoms with E-state index in [-0.39, 0.29) is 33.6 Å². The van der Waals surface area contributed by atoms with Crippen molar-refractivity contribution in [2.75, 3.05) is 13.1 Å². The van der Waals surface area contributed by atoms with Gasteiger partial charge < -0.3 is 5.11 Å². The summed E-state index contributed by atoms with van der Waals surface area (Å²) >= 11 is 17.7. The van der Waals surface area contributed by atoms with E-state index in [9.17, 15) is 18.3 Å². The van der Waals surface area contributed by atoms with Crippen molar-refractivity contribution < 1.29 is 18.3 Å². The number of hydrogen-bond acceptors (Lipinski definition) is 3. The van der Waals surface area contributed by atoms with Gasteiger partial charge >= 0.3 is 5.97 Å². The molecule has 2 aromatic rings. The molecule has 26 heavy (non-hydrogen) atoms. The van der Waals surface area contributed by atoms with Crippen LogP contribution in [0.2, 0.25) is 15.1 Å². The molecule has 0 bridgehead atoms. The molecule has 140 valence electrons. The largest absolute Gasteiger partial charge is 0.478 e. The third-order valence-electron chi connectivity index (χ3n) is 3.79. The highest BCUT2D eigenvalue weighted by Gasteiger charge is 2.27. The monoisotopic (exact) mass is 435 g/mol. The van der Waals surface area contributed by atoms with Gasteiger partial charge in [-0.3, -0.25) is 0 Å². The number of carboxylic acid groups (broad SMARTS) is 1. The molecule has 0 saturated heterocycles. The molecular formula is C17H16Cl3NO4S. The van der Waals surface area contributed by atoms with Gasteiger partial charge in [0.1, 0.15) is 4.90 Å². The molecule has 0 unspecified atom stereocenters. The van der Waals surface area contributed by atoms with Gasteiger partial charge in [0.25, 0.3) is 0 Å². The van der Waals surface area contributed by atoms with Crippen molar-refractivity contribution in [1.82, 2.24) is 4.31 Å². The van der Waals surface area contributed by atoms with E-state index in [0.29, 0.717) is 11.4 Å². The van der Waals surface area contributed by atoms with Crippen molar-refractivity contribution in [2.24, 2.45) is 0 Å². The number of sulfonamides is 1.